The van der Waals surface area contributed by atoms with Crippen LogP contribution in [0.5, 0.6) is 0 Å². The highest BCUT2D eigenvalue weighted by molar-refractivity contribution is 7.15. The molecule has 0 bridgehead atoms. The molecule has 2 heterocycles. The zero-order valence-electron chi connectivity index (χ0n) is 10.4. The van der Waals surface area contributed by atoms with Crippen LogP contribution in [0.1, 0.15) is 37.9 Å². The molecule has 0 spiro atoms. The number of hydrogen-bond acceptors (Lipinski definition) is 3. The van der Waals surface area contributed by atoms with E-state index in [1.165, 1.54) is 11.4 Å². The third-order valence-electron chi connectivity index (χ3n) is 2.81. The molecule has 0 aliphatic carbocycles. The Morgan fingerprint density at radius 2 is 2.12 bits per heavy atom. The molecular weight excluding hydrogens is 218 g/mol. The van der Waals surface area contributed by atoms with Gasteiger partial charge in [0.1, 0.15) is 0 Å². The first-order chi connectivity index (χ1) is 7.45. The second-order valence-electron chi connectivity index (χ2n) is 5.17. The number of hydrogen-bond donors (Lipinski definition) is 1. The van der Waals surface area contributed by atoms with Crippen molar-refractivity contribution < 1.29 is 0 Å². The summed E-state index contributed by atoms with van der Waals surface area (Å²) in [6, 6.07) is 0. The van der Waals surface area contributed by atoms with E-state index in [4.69, 9.17) is 5.73 Å². The standard InChI is InChI=1S/C12H19N3S/c1-8-9(5-6-13)15-10(12(2,3)4)7-16-11(15)14-8/h7H,5-6,13H2,1-4H3. The van der Waals surface area contributed by atoms with Crippen LogP contribution >= 0.6 is 11.3 Å². The lowest BCUT2D eigenvalue weighted by molar-refractivity contribution is 0.560. The molecule has 0 fully saturated rings. The maximum Gasteiger partial charge on any atom is 0.194 e. The van der Waals surface area contributed by atoms with E-state index < -0.39 is 0 Å². The fraction of sp³-hybridized carbons (Fsp3) is 0.583. The number of aryl methyl sites for hydroxylation is 1. The minimum absolute atomic E-state index is 0.148. The van der Waals surface area contributed by atoms with E-state index in [1.807, 2.05) is 0 Å². The summed E-state index contributed by atoms with van der Waals surface area (Å²) in [5, 5.41) is 2.21. The lowest BCUT2D eigenvalue weighted by Gasteiger charge is -2.18. The van der Waals surface area contributed by atoms with Gasteiger partial charge in [-0.2, -0.15) is 0 Å². The van der Waals surface area contributed by atoms with Crippen LogP contribution in [0.25, 0.3) is 4.96 Å². The summed E-state index contributed by atoms with van der Waals surface area (Å²) < 4.78 is 2.28. The van der Waals surface area contributed by atoms with Crippen molar-refractivity contribution in [2.24, 2.45) is 5.73 Å². The molecule has 0 saturated carbocycles. The number of imidazole rings is 1. The van der Waals surface area contributed by atoms with Crippen LogP contribution < -0.4 is 5.73 Å². The Kier molecular flexibility index (Phi) is 2.80. The van der Waals surface area contributed by atoms with Gasteiger partial charge in [-0.3, -0.25) is 4.40 Å². The van der Waals surface area contributed by atoms with Crippen molar-refractivity contribution in [1.29, 1.82) is 0 Å². The zero-order chi connectivity index (χ0) is 11.9. The van der Waals surface area contributed by atoms with Crippen molar-refractivity contribution in [1.82, 2.24) is 9.38 Å². The number of fused-ring (bicyclic) bond motifs is 1. The highest BCUT2D eigenvalue weighted by atomic mass is 32.1. The molecule has 0 atom stereocenters. The largest absolute Gasteiger partial charge is 0.330 e. The van der Waals surface area contributed by atoms with Crippen molar-refractivity contribution in [3.05, 3.63) is 22.5 Å². The number of nitrogens with two attached hydrogens (primary N) is 1. The average Bonchev–Trinajstić information content (AvgIpc) is 2.66. The summed E-state index contributed by atoms with van der Waals surface area (Å²) in [7, 11) is 0. The van der Waals surface area contributed by atoms with Crippen molar-refractivity contribution in [2.75, 3.05) is 6.54 Å². The van der Waals surface area contributed by atoms with Gasteiger partial charge in [-0.15, -0.1) is 11.3 Å². The van der Waals surface area contributed by atoms with Gasteiger partial charge in [0.2, 0.25) is 0 Å². The predicted molar refractivity (Wildman–Crippen MR) is 69.3 cm³/mol. The first kappa shape index (κ1) is 11.6. The molecular formula is C12H19N3S. The lowest BCUT2D eigenvalue weighted by atomic mass is 9.93. The summed E-state index contributed by atoms with van der Waals surface area (Å²) >= 11 is 1.71. The summed E-state index contributed by atoms with van der Waals surface area (Å²) in [6.45, 7) is 9.44. The molecule has 0 amide bonds. The number of aromatic nitrogens is 2. The number of nitrogens with zero attached hydrogens (tertiary/aromatic N) is 2. The van der Waals surface area contributed by atoms with Crippen LogP contribution in [0, 0.1) is 6.92 Å². The Labute approximate surface area is 100 Å². The van der Waals surface area contributed by atoms with Crippen molar-refractivity contribution in [3.63, 3.8) is 0 Å². The molecule has 0 unspecified atom stereocenters. The topological polar surface area (TPSA) is 43.3 Å². The summed E-state index contributed by atoms with van der Waals surface area (Å²) in [4.78, 5) is 5.68. The monoisotopic (exact) mass is 237 g/mol. The van der Waals surface area contributed by atoms with Gasteiger partial charge in [-0.1, -0.05) is 20.8 Å². The van der Waals surface area contributed by atoms with Gasteiger partial charge in [0.05, 0.1) is 5.69 Å². The molecule has 2 aromatic heterocycles. The molecule has 3 nitrogen and oxygen atoms in total. The first-order valence-corrected chi connectivity index (χ1v) is 6.49. The number of thiazole rings is 1. The molecule has 2 aromatic rings. The minimum atomic E-state index is 0.148. The fourth-order valence-electron chi connectivity index (χ4n) is 1.97. The fourth-order valence-corrected chi connectivity index (χ4v) is 3.15. The first-order valence-electron chi connectivity index (χ1n) is 5.61. The van der Waals surface area contributed by atoms with E-state index >= 15 is 0 Å². The summed E-state index contributed by atoms with van der Waals surface area (Å²) in [5.74, 6) is 0. The van der Waals surface area contributed by atoms with E-state index in [-0.39, 0.29) is 5.41 Å². The van der Waals surface area contributed by atoms with E-state index in [0.29, 0.717) is 6.54 Å². The smallest absolute Gasteiger partial charge is 0.194 e. The van der Waals surface area contributed by atoms with Crippen molar-refractivity contribution in [3.8, 4) is 0 Å². The molecule has 0 radical (unpaired) electrons. The van der Waals surface area contributed by atoms with E-state index in [9.17, 15) is 0 Å². The van der Waals surface area contributed by atoms with Gasteiger partial charge in [0.15, 0.2) is 4.96 Å². The van der Waals surface area contributed by atoms with Crippen molar-refractivity contribution in [2.45, 2.75) is 39.5 Å². The molecule has 4 heteroatoms. The van der Waals surface area contributed by atoms with Crippen LogP contribution in [0.3, 0.4) is 0 Å². The van der Waals surface area contributed by atoms with E-state index in [1.54, 1.807) is 11.3 Å². The molecule has 0 saturated heterocycles. The second-order valence-corrected chi connectivity index (χ2v) is 6.01. The van der Waals surface area contributed by atoms with Gasteiger partial charge in [0.25, 0.3) is 0 Å². The highest BCUT2D eigenvalue weighted by Gasteiger charge is 2.22. The SMILES string of the molecule is Cc1nc2scc(C(C)(C)C)n2c1CCN. The molecule has 0 aromatic carbocycles. The van der Waals surface area contributed by atoms with Crippen LogP contribution in [-0.4, -0.2) is 15.9 Å². The summed E-state index contributed by atoms with van der Waals surface area (Å²) in [6.07, 6.45) is 0.896. The third kappa shape index (κ3) is 1.76. The molecule has 0 aliphatic heterocycles. The maximum atomic E-state index is 5.67. The van der Waals surface area contributed by atoms with E-state index in [2.05, 4.69) is 42.5 Å². The Morgan fingerprint density at radius 1 is 1.44 bits per heavy atom. The zero-order valence-corrected chi connectivity index (χ0v) is 11.2. The Morgan fingerprint density at radius 3 is 2.69 bits per heavy atom. The quantitative estimate of drug-likeness (QED) is 0.872. The normalized spacial score (nSPS) is 12.6. The van der Waals surface area contributed by atoms with Gasteiger partial charge in [-0.05, 0) is 13.5 Å². The highest BCUT2D eigenvalue weighted by Crippen LogP contribution is 2.29. The van der Waals surface area contributed by atoms with Crippen LogP contribution in [0.2, 0.25) is 0 Å². The summed E-state index contributed by atoms with van der Waals surface area (Å²) in [5.41, 5.74) is 9.53. The predicted octanol–water partition coefficient (Wildman–Crippen LogP) is 2.50. The van der Waals surface area contributed by atoms with E-state index in [0.717, 1.165) is 17.1 Å². The van der Waals surface area contributed by atoms with Gasteiger partial charge < -0.3 is 5.73 Å². The van der Waals surface area contributed by atoms with Gasteiger partial charge in [-0.25, -0.2) is 4.98 Å². The Bertz CT molecular complexity index is 502. The van der Waals surface area contributed by atoms with Gasteiger partial charge >= 0.3 is 0 Å². The van der Waals surface area contributed by atoms with Crippen molar-refractivity contribution >= 4 is 16.3 Å². The van der Waals surface area contributed by atoms with Crippen LogP contribution in [0.15, 0.2) is 5.38 Å². The molecule has 2 N–H and O–H groups in total. The molecule has 2 rings (SSSR count). The molecule has 16 heavy (non-hydrogen) atoms. The minimum Gasteiger partial charge on any atom is -0.330 e. The van der Waals surface area contributed by atoms with Crippen LogP contribution in [-0.2, 0) is 11.8 Å². The molecule has 88 valence electrons. The maximum absolute atomic E-state index is 5.67. The Balaban J connectivity index is 2.68. The van der Waals surface area contributed by atoms with Gasteiger partial charge in [0, 0.05) is 28.6 Å². The average molecular weight is 237 g/mol. The third-order valence-corrected chi connectivity index (χ3v) is 3.63. The Hall–Kier alpha value is -0.870. The lowest BCUT2D eigenvalue weighted by Crippen LogP contribution is -2.16. The second kappa shape index (κ2) is 3.86. The number of rotatable bonds is 2. The molecule has 0 aliphatic rings. The van der Waals surface area contributed by atoms with Crippen LogP contribution in [0.4, 0.5) is 0 Å².